The SMILES string of the molecule is COc1ccc(C(NCCCN=[N+]=[N-])C(=O)O)cc1C. The van der Waals surface area contributed by atoms with Gasteiger partial charge in [-0.25, -0.2) is 0 Å². The number of ether oxygens (including phenoxy) is 1. The summed E-state index contributed by atoms with van der Waals surface area (Å²) in [6, 6.07) is 4.48. The Bertz CT molecular complexity index is 512. The Kier molecular flexibility index (Phi) is 6.36. The van der Waals surface area contributed by atoms with Gasteiger partial charge in [-0.05, 0) is 42.6 Å². The number of azide groups is 1. The summed E-state index contributed by atoms with van der Waals surface area (Å²) < 4.78 is 5.15. The van der Waals surface area contributed by atoms with Crippen molar-refractivity contribution in [2.45, 2.75) is 19.4 Å². The number of aryl methyl sites for hydroxylation is 1. The lowest BCUT2D eigenvalue weighted by atomic mass is 10.0. The number of carboxylic acid groups (broad SMARTS) is 1. The van der Waals surface area contributed by atoms with Gasteiger partial charge in [0.1, 0.15) is 11.8 Å². The zero-order valence-electron chi connectivity index (χ0n) is 11.5. The topological polar surface area (TPSA) is 107 Å². The van der Waals surface area contributed by atoms with Crippen molar-refractivity contribution in [3.8, 4) is 5.75 Å². The molecule has 0 aromatic heterocycles. The second-order valence-corrected chi connectivity index (χ2v) is 4.26. The summed E-state index contributed by atoms with van der Waals surface area (Å²) in [7, 11) is 1.57. The van der Waals surface area contributed by atoms with Crippen LogP contribution >= 0.6 is 0 Å². The van der Waals surface area contributed by atoms with Crippen LogP contribution in [0.3, 0.4) is 0 Å². The normalized spacial score (nSPS) is 11.5. The minimum atomic E-state index is -0.946. The van der Waals surface area contributed by atoms with Gasteiger partial charge in [0.15, 0.2) is 0 Å². The van der Waals surface area contributed by atoms with Crippen LogP contribution in [-0.4, -0.2) is 31.3 Å². The Morgan fingerprint density at radius 3 is 2.90 bits per heavy atom. The smallest absolute Gasteiger partial charge is 0.325 e. The van der Waals surface area contributed by atoms with Crippen molar-refractivity contribution < 1.29 is 14.6 Å². The number of nitrogens with zero attached hydrogens (tertiary/aromatic N) is 3. The van der Waals surface area contributed by atoms with Crippen LogP contribution in [0.25, 0.3) is 10.4 Å². The van der Waals surface area contributed by atoms with Gasteiger partial charge in [-0.2, -0.15) is 0 Å². The molecule has 0 radical (unpaired) electrons. The van der Waals surface area contributed by atoms with Crippen LogP contribution in [0.4, 0.5) is 0 Å². The van der Waals surface area contributed by atoms with E-state index in [1.807, 2.05) is 6.92 Å². The van der Waals surface area contributed by atoms with Crippen LogP contribution in [0.1, 0.15) is 23.6 Å². The van der Waals surface area contributed by atoms with Crippen molar-refractivity contribution in [3.05, 3.63) is 39.8 Å². The highest BCUT2D eigenvalue weighted by molar-refractivity contribution is 5.75. The summed E-state index contributed by atoms with van der Waals surface area (Å²) in [6.07, 6.45) is 0.586. The summed E-state index contributed by atoms with van der Waals surface area (Å²) in [5.74, 6) is -0.223. The molecule has 1 aromatic rings. The molecule has 0 aliphatic carbocycles. The van der Waals surface area contributed by atoms with Crippen molar-refractivity contribution >= 4 is 5.97 Å². The van der Waals surface area contributed by atoms with E-state index in [1.165, 1.54) is 0 Å². The van der Waals surface area contributed by atoms with Gasteiger partial charge in [0.05, 0.1) is 7.11 Å². The molecule has 20 heavy (non-hydrogen) atoms. The molecule has 0 saturated carbocycles. The Morgan fingerprint density at radius 2 is 2.35 bits per heavy atom. The first kappa shape index (κ1) is 15.8. The van der Waals surface area contributed by atoms with E-state index in [4.69, 9.17) is 10.3 Å². The fraction of sp³-hybridized carbons (Fsp3) is 0.462. The summed E-state index contributed by atoms with van der Waals surface area (Å²) in [5, 5.41) is 15.6. The van der Waals surface area contributed by atoms with Crippen molar-refractivity contribution in [2.24, 2.45) is 5.11 Å². The average molecular weight is 278 g/mol. The predicted molar refractivity (Wildman–Crippen MR) is 74.7 cm³/mol. The Hall–Kier alpha value is -2.24. The number of methoxy groups -OCH3 is 1. The summed E-state index contributed by atoms with van der Waals surface area (Å²) in [4.78, 5) is 14.0. The molecule has 7 nitrogen and oxygen atoms in total. The lowest BCUT2D eigenvalue weighted by molar-refractivity contribution is -0.139. The molecular weight excluding hydrogens is 260 g/mol. The molecule has 0 saturated heterocycles. The second-order valence-electron chi connectivity index (χ2n) is 4.26. The highest BCUT2D eigenvalue weighted by atomic mass is 16.5. The first-order valence-electron chi connectivity index (χ1n) is 6.21. The van der Waals surface area contributed by atoms with Gasteiger partial charge in [-0.1, -0.05) is 17.2 Å². The molecular formula is C13H18N4O3. The summed E-state index contributed by atoms with van der Waals surface area (Å²) in [6.45, 7) is 2.67. The van der Waals surface area contributed by atoms with Crippen molar-refractivity contribution in [2.75, 3.05) is 20.2 Å². The standard InChI is InChI=1S/C13H18N4O3/c1-9-8-10(4-5-11(9)20-2)12(13(18)19)15-6-3-7-16-17-14/h4-5,8,12,15H,3,6-7H2,1-2H3,(H,18,19). The molecule has 108 valence electrons. The Labute approximate surface area is 117 Å². The number of benzene rings is 1. The van der Waals surface area contributed by atoms with Crippen LogP contribution in [-0.2, 0) is 4.79 Å². The number of hydrogen-bond acceptors (Lipinski definition) is 4. The van der Waals surface area contributed by atoms with E-state index in [0.717, 1.165) is 11.3 Å². The van der Waals surface area contributed by atoms with Crippen LogP contribution < -0.4 is 10.1 Å². The minimum Gasteiger partial charge on any atom is -0.496 e. The van der Waals surface area contributed by atoms with Gasteiger partial charge in [0.25, 0.3) is 0 Å². The largest absolute Gasteiger partial charge is 0.496 e. The minimum absolute atomic E-state index is 0.345. The third-order valence-corrected chi connectivity index (χ3v) is 2.85. The van der Waals surface area contributed by atoms with E-state index in [9.17, 15) is 9.90 Å². The maximum Gasteiger partial charge on any atom is 0.325 e. The molecule has 1 atom stereocenters. The Morgan fingerprint density at radius 1 is 1.60 bits per heavy atom. The number of carboxylic acids is 1. The highest BCUT2D eigenvalue weighted by Gasteiger charge is 2.19. The van der Waals surface area contributed by atoms with Gasteiger partial charge in [-0.3, -0.25) is 4.79 Å². The monoisotopic (exact) mass is 278 g/mol. The molecule has 1 aromatic carbocycles. The quantitative estimate of drug-likeness (QED) is 0.329. The highest BCUT2D eigenvalue weighted by Crippen LogP contribution is 2.22. The molecule has 0 heterocycles. The second kappa shape index (κ2) is 8.04. The van der Waals surface area contributed by atoms with E-state index in [0.29, 0.717) is 25.1 Å². The van der Waals surface area contributed by atoms with Gasteiger partial charge >= 0.3 is 5.97 Å². The zero-order chi connectivity index (χ0) is 15.0. The third kappa shape index (κ3) is 4.46. The van der Waals surface area contributed by atoms with Crippen molar-refractivity contribution in [3.63, 3.8) is 0 Å². The molecule has 0 bridgehead atoms. The Balaban J connectivity index is 2.73. The molecule has 0 aliphatic heterocycles. The van der Waals surface area contributed by atoms with Gasteiger partial charge in [0, 0.05) is 11.5 Å². The van der Waals surface area contributed by atoms with Gasteiger partial charge < -0.3 is 15.2 Å². The van der Waals surface area contributed by atoms with E-state index in [2.05, 4.69) is 15.3 Å². The fourth-order valence-corrected chi connectivity index (χ4v) is 1.87. The molecule has 0 spiro atoms. The number of carbonyl (C=O) groups is 1. The lowest BCUT2D eigenvalue weighted by Crippen LogP contribution is -2.29. The van der Waals surface area contributed by atoms with Crippen LogP contribution in [0.2, 0.25) is 0 Å². The third-order valence-electron chi connectivity index (χ3n) is 2.85. The molecule has 1 unspecified atom stereocenters. The van der Waals surface area contributed by atoms with Crippen molar-refractivity contribution in [1.82, 2.24) is 5.32 Å². The first-order valence-corrected chi connectivity index (χ1v) is 6.21. The van der Waals surface area contributed by atoms with Gasteiger partial charge in [0.2, 0.25) is 0 Å². The average Bonchev–Trinajstić information content (AvgIpc) is 2.42. The van der Waals surface area contributed by atoms with E-state index < -0.39 is 12.0 Å². The summed E-state index contributed by atoms with van der Waals surface area (Å²) >= 11 is 0. The van der Waals surface area contributed by atoms with Crippen LogP contribution in [0, 0.1) is 6.92 Å². The van der Waals surface area contributed by atoms with E-state index in [-0.39, 0.29) is 0 Å². The molecule has 0 aliphatic rings. The lowest BCUT2D eigenvalue weighted by Gasteiger charge is -2.16. The van der Waals surface area contributed by atoms with Crippen molar-refractivity contribution in [1.29, 1.82) is 0 Å². The maximum absolute atomic E-state index is 11.3. The van der Waals surface area contributed by atoms with Crippen LogP contribution in [0.15, 0.2) is 23.3 Å². The zero-order valence-corrected chi connectivity index (χ0v) is 11.5. The fourth-order valence-electron chi connectivity index (χ4n) is 1.87. The van der Waals surface area contributed by atoms with E-state index in [1.54, 1.807) is 25.3 Å². The number of rotatable bonds is 8. The molecule has 0 fully saturated rings. The summed E-state index contributed by atoms with van der Waals surface area (Å²) in [5.41, 5.74) is 9.70. The number of nitrogens with one attached hydrogen (secondary N) is 1. The molecule has 0 amide bonds. The number of hydrogen-bond donors (Lipinski definition) is 2. The van der Waals surface area contributed by atoms with E-state index >= 15 is 0 Å². The maximum atomic E-state index is 11.3. The number of aliphatic carboxylic acids is 1. The molecule has 2 N–H and O–H groups in total. The van der Waals surface area contributed by atoms with Gasteiger partial charge in [-0.15, -0.1) is 0 Å². The molecule has 7 heteroatoms. The predicted octanol–water partition coefficient (Wildman–Crippen LogP) is 2.42. The molecule has 1 rings (SSSR count). The first-order chi connectivity index (χ1) is 9.60. The van der Waals surface area contributed by atoms with Crippen LogP contribution in [0.5, 0.6) is 5.75 Å².